The van der Waals surface area contributed by atoms with Crippen LogP contribution in [0.3, 0.4) is 0 Å². The predicted molar refractivity (Wildman–Crippen MR) is 77.8 cm³/mol. The van der Waals surface area contributed by atoms with Gasteiger partial charge in [0.05, 0.1) is 0 Å². The average molecular weight is 247 g/mol. The van der Waals surface area contributed by atoms with Gasteiger partial charge in [-0.15, -0.1) is 0 Å². The minimum Gasteiger partial charge on any atom is -0.0727 e. The smallest absolute Gasteiger partial charge is 0.00316 e. The van der Waals surface area contributed by atoms with Crippen LogP contribution in [0.15, 0.2) is 30.3 Å². The molecule has 0 amide bonds. The van der Waals surface area contributed by atoms with Gasteiger partial charge in [-0.05, 0) is 30.2 Å². The van der Waals surface area contributed by atoms with E-state index in [1.54, 1.807) is 8.58 Å². The molecule has 1 aliphatic rings. The average Bonchev–Trinajstić information content (AvgIpc) is 2.51. The normalized spacial score (nSPS) is 20.0. The molecule has 1 saturated carbocycles. The molecule has 1 aromatic carbocycles. The highest BCUT2D eigenvalue weighted by atomic mass is 31.1. The van der Waals surface area contributed by atoms with Gasteiger partial charge in [0.25, 0.3) is 0 Å². The van der Waals surface area contributed by atoms with Crippen molar-refractivity contribution in [1.82, 2.24) is 0 Å². The molecule has 0 aliphatic heterocycles. The zero-order chi connectivity index (χ0) is 11.8. The van der Waals surface area contributed by atoms with E-state index < -0.39 is 0 Å². The van der Waals surface area contributed by atoms with Crippen LogP contribution in [0.25, 0.3) is 0 Å². The zero-order valence-electron chi connectivity index (χ0n) is 10.8. The second-order valence-corrected chi connectivity index (χ2v) is 6.59. The van der Waals surface area contributed by atoms with Crippen LogP contribution >= 0.6 is 8.58 Å². The third kappa shape index (κ3) is 5.21. The molecule has 17 heavy (non-hydrogen) atoms. The van der Waals surface area contributed by atoms with Crippen molar-refractivity contribution in [2.24, 2.45) is 0 Å². The Morgan fingerprint density at radius 1 is 0.824 bits per heavy atom. The first-order valence-electron chi connectivity index (χ1n) is 7.16. The van der Waals surface area contributed by atoms with Crippen molar-refractivity contribution in [3.8, 4) is 0 Å². The molecule has 0 aromatic heterocycles. The SMILES string of the molecule is c1ccc(C[P]C2CCCCCCCC2)cc1. The van der Waals surface area contributed by atoms with Gasteiger partial charge < -0.3 is 0 Å². The first-order chi connectivity index (χ1) is 8.45. The van der Waals surface area contributed by atoms with Gasteiger partial charge in [0.1, 0.15) is 0 Å². The molecule has 1 aliphatic carbocycles. The lowest BCUT2D eigenvalue weighted by molar-refractivity contribution is 0.624. The second-order valence-electron chi connectivity index (χ2n) is 5.18. The van der Waals surface area contributed by atoms with E-state index in [9.17, 15) is 0 Å². The number of hydrogen-bond acceptors (Lipinski definition) is 0. The third-order valence-corrected chi connectivity index (χ3v) is 5.28. The summed E-state index contributed by atoms with van der Waals surface area (Å²) in [6.45, 7) is 0. The minimum atomic E-state index is 0.966. The van der Waals surface area contributed by atoms with Crippen LogP contribution in [0.4, 0.5) is 0 Å². The maximum absolute atomic E-state index is 2.27. The molecule has 0 N–H and O–H groups in total. The van der Waals surface area contributed by atoms with Gasteiger partial charge in [-0.1, -0.05) is 77.4 Å². The summed E-state index contributed by atoms with van der Waals surface area (Å²) in [5.74, 6) is 0. The van der Waals surface area contributed by atoms with E-state index in [0.717, 1.165) is 5.66 Å². The van der Waals surface area contributed by atoms with E-state index in [2.05, 4.69) is 30.3 Å². The first kappa shape index (κ1) is 13.1. The number of hydrogen-bond donors (Lipinski definition) is 0. The quantitative estimate of drug-likeness (QED) is 0.607. The maximum atomic E-state index is 2.27. The van der Waals surface area contributed by atoms with Gasteiger partial charge in [-0.3, -0.25) is 0 Å². The molecule has 1 radical (unpaired) electrons. The number of rotatable bonds is 3. The van der Waals surface area contributed by atoms with Crippen molar-refractivity contribution in [3.05, 3.63) is 35.9 Å². The van der Waals surface area contributed by atoms with Crippen LogP contribution in [0.1, 0.15) is 56.9 Å². The lowest BCUT2D eigenvalue weighted by Crippen LogP contribution is -2.00. The van der Waals surface area contributed by atoms with E-state index in [4.69, 9.17) is 0 Å². The molecule has 0 heterocycles. The highest BCUT2D eigenvalue weighted by Crippen LogP contribution is 2.33. The molecule has 1 aromatic rings. The Morgan fingerprint density at radius 3 is 2.06 bits per heavy atom. The van der Waals surface area contributed by atoms with Crippen LogP contribution < -0.4 is 0 Å². The molecule has 0 saturated heterocycles. The van der Waals surface area contributed by atoms with E-state index >= 15 is 0 Å². The van der Waals surface area contributed by atoms with Crippen LogP contribution in [-0.2, 0) is 6.16 Å². The fraction of sp³-hybridized carbons (Fsp3) is 0.625. The molecular weight excluding hydrogens is 223 g/mol. The Labute approximate surface area is 108 Å². The van der Waals surface area contributed by atoms with Crippen LogP contribution in [0, 0.1) is 0 Å². The van der Waals surface area contributed by atoms with Gasteiger partial charge in [-0.2, -0.15) is 0 Å². The summed E-state index contributed by atoms with van der Waals surface area (Å²) in [4.78, 5) is 0. The van der Waals surface area contributed by atoms with Gasteiger partial charge >= 0.3 is 0 Å². The summed E-state index contributed by atoms with van der Waals surface area (Å²) >= 11 is 0. The fourth-order valence-corrected chi connectivity index (χ4v) is 4.02. The lowest BCUT2D eigenvalue weighted by atomic mass is 10.1. The van der Waals surface area contributed by atoms with Gasteiger partial charge in [0.15, 0.2) is 0 Å². The molecule has 0 nitrogen and oxygen atoms in total. The van der Waals surface area contributed by atoms with Gasteiger partial charge in [-0.25, -0.2) is 0 Å². The van der Waals surface area contributed by atoms with Crippen LogP contribution in [-0.4, -0.2) is 5.66 Å². The van der Waals surface area contributed by atoms with Gasteiger partial charge in [0.2, 0.25) is 0 Å². The molecule has 0 unspecified atom stereocenters. The summed E-state index contributed by atoms with van der Waals surface area (Å²) < 4.78 is 0. The Kier molecular flexibility index (Phi) is 6.07. The third-order valence-electron chi connectivity index (χ3n) is 3.70. The Morgan fingerprint density at radius 2 is 1.41 bits per heavy atom. The van der Waals surface area contributed by atoms with Crippen molar-refractivity contribution in [3.63, 3.8) is 0 Å². The molecule has 1 heteroatoms. The Balaban J connectivity index is 1.76. The molecule has 1 fully saturated rings. The second kappa shape index (κ2) is 7.88. The summed E-state index contributed by atoms with van der Waals surface area (Å²) in [5.41, 5.74) is 2.47. The minimum absolute atomic E-state index is 0.966. The van der Waals surface area contributed by atoms with Crippen molar-refractivity contribution in [1.29, 1.82) is 0 Å². The molecule has 0 spiro atoms. The monoisotopic (exact) mass is 247 g/mol. The van der Waals surface area contributed by atoms with Crippen molar-refractivity contribution >= 4 is 8.58 Å². The summed E-state index contributed by atoms with van der Waals surface area (Å²) in [5, 5.41) is 0. The summed E-state index contributed by atoms with van der Waals surface area (Å²) in [6, 6.07) is 11.0. The highest BCUT2D eigenvalue weighted by Gasteiger charge is 2.11. The highest BCUT2D eigenvalue weighted by molar-refractivity contribution is 7.38. The number of benzene rings is 1. The topological polar surface area (TPSA) is 0 Å². The zero-order valence-corrected chi connectivity index (χ0v) is 11.7. The Hall–Kier alpha value is -0.350. The van der Waals surface area contributed by atoms with E-state index in [1.807, 2.05) is 0 Å². The Bertz CT molecular complexity index is 284. The van der Waals surface area contributed by atoms with Crippen molar-refractivity contribution < 1.29 is 0 Å². The lowest BCUT2D eigenvalue weighted by Gasteiger charge is -2.15. The molecule has 0 atom stereocenters. The van der Waals surface area contributed by atoms with Gasteiger partial charge in [0, 0.05) is 0 Å². The largest absolute Gasteiger partial charge is 0.0727 e. The molecule has 93 valence electrons. The standard InChI is InChI=1S/C16H24P/c1-2-4-9-13-16(12-8-3-1)17-14-15-10-6-5-7-11-15/h5-7,10-11,16H,1-4,8-9,12-14H2. The molecule has 0 bridgehead atoms. The van der Waals surface area contributed by atoms with Crippen molar-refractivity contribution in [2.45, 2.75) is 63.2 Å². The van der Waals surface area contributed by atoms with Crippen LogP contribution in [0.2, 0.25) is 0 Å². The molecule has 2 rings (SSSR count). The van der Waals surface area contributed by atoms with E-state index in [0.29, 0.717) is 0 Å². The predicted octanol–water partition coefficient (Wildman–Crippen LogP) is 5.64. The van der Waals surface area contributed by atoms with E-state index in [1.165, 1.54) is 63.1 Å². The summed E-state index contributed by atoms with van der Waals surface area (Å²) in [6.07, 6.45) is 13.0. The summed E-state index contributed by atoms with van der Waals surface area (Å²) in [7, 11) is 1.67. The molecular formula is C16H24P. The van der Waals surface area contributed by atoms with Crippen molar-refractivity contribution in [2.75, 3.05) is 0 Å². The van der Waals surface area contributed by atoms with Crippen LogP contribution in [0.5, 0.6) is 0 Å². The maximum Gasteiger partial charge on any atom is -0.00316 e. The van der Waals surface area contributed by atoms with E-state index in [-0.39, 0.29) is 0 Å². The first-order valence-corrected chi connectivity index (χ1v) is 8.30. The fourth-order valence-electron chi connectivity index (χ4n) is 2.61.